The van der Waals surface area contributed by atoms with Crippen LogP contribution in [0, 0.1) is 0 Å². The summed E-state index contributed by atoms with van der Waals surface area (Å²) in [6, 6.07) is 14.5. The van der Waals surface area contributed by atoms with E-state index in [9.17, 15) is 18.0 Å². The predicted octanol–water partition coefficient (Wildman–Crippen LogP) is 2.27. The lowest BCUT2D eigenvalue weighted by atomic mass is 10.1. The van der Waals surface area contributed by atoms with Gasteiger partial charge < -0.3 is 10.2 Å². The number of hydrogen-bond donors (Lipinski definition) is 1. The third kappa shape index (κ3) is 6.20. The number of nitrogens with zero attached hydrogens (tertiary/aromatic N) is 2. The van der Waals surface area contributed by atoms with Gasteiger partial charge in [-0.1, -0.05) is 41.9 Å². The lowest BCUT2D eigenvalue weighted by Crippen LogP contribution is -2.50. The minimum absolute atomic E-state index is 0.111. The average molecular weight is 438 g/mol. The highest BCUT2D eigenvalue weighted by atomic mass is 35.5. The summed E-state index contributed by atoms with van der Waals surface area (Å²) in [4.78, 5) is 26.7. The molecule has 0 saturated carbocycles. The second kappa shape index (κ2) is 9.76. The first-order valence-electron chi connectivity index (χ1n) is 8.91. The van der Waals surface area contributed by atoms with Crippen LogP contribution < -0.4 is 9.62 Å². The molecule has 2 aromatic carbocycles. The first-order chi connectivity index (χ1) is 13.6. The Labute approximate surface area is 176 Å². The van der Waals surface area contributed by atoms with Crippen molar-refractivity contribution in [3.63, 3.8) is 0 Å². The van der Waals surface area contributed by atoms with Crippen LogP contribution in [0.25, 0.3) is 0 Å². The molecule has 2 amide bonds. The Hall–Kier alpha value is -2.58. The second-order valence-corrected chi connectivity index (χ2v) is 8.89. The Morgan fingerprint density at radius 3 is 2.31 bits per heavy atom. The summed E-state index contributed by atoms with van der Waals surface area (Å²) >= 11 is 6.03. The standard InChI is InChI=1S/C20H24ClN3O4S/c1-15(20(26)22-2)23(13-16-8-7-9-17(21)12-16)19(25)14-24(29(3,27)28)18-10-5-4-6-11-18/h4-12,15H,13-14H2,1-3H3,(H,22,26)/t15-/m0/s1. The molecule has 156 valence electrons. The highest BCUT2D eigenvalue weighted by Crippen LogP contribution is 2.19. The smallest absolute Gasteiger partial charge is 0.244 e. The fourth-order valence-corrected chi connectivity index (χ4v) is 3.89. The van der Waals surface area contributed by atoms with Gasteiger partial charge in [-0.3, -0.25) is 13.9 Å². The number of anilines is 1. The van der Waals surface area contributed by atoms with Crippen LogP contribution in [-0.4, -0.2) is 51.0 Å². The average Bonchev–Trinajstić information content (AvgIpc) is 2.68. The lowest BCUT2D eigenvalue weighted by molar-refractivity contribution is -0.139. The van der Waals surface area contributed by atoms with E-state index >= 15 is 0 Å². The van der Waals surface area contributed by atoms with Crippen LogP contribution in [0.4, 0.5) is 5.69 Å². The summed E-state index contributed by atoms with van der Waals surface area (Å²) in [5.74, 6) is -0.860. The molecule has 0 heterocycles. The zero-order valence-electron chi connectivity index (χ0n) is 16.5. The van der Waals surface area contributed by atoms with Crippen molar-refractivity contribution in [3.05, 3.63) is 65.2 Å². The quantitative estimate of drug-likeness (QED) is 0.686. The third-order valence-electron chi connectivity index (χ3n) is 4.38. The number of nitrogens with one attached hydrogen (secondary N) is 1. The van der Waals surface area contributed by atoms with Gasteiger partial charge in [-0.25, -0.2) is 8.42 Å². The topological polar surface area (TPSA) is 86.8 Å². The molecule has 0 radical (unpaired) electrons. The van der Waals surface area contributed by atoms with Crippen LogP contribution in [0.1, 0.15) is 12.5 Å². The molecule has 0 spiro atoms. The van der Waals surface area contributed by atoms with E-state index in [1.54, 1.807) is 61.5 Å². The molecule has 2 aromatic rings. The van der Waals surface area contributed by atoms with Crippen LogP contribution in [0.3, 0.4) is 0 Å². The summed E-state index contributed by atoms with van der Waals surface area (Å²) in [5.41, 5.74) is 1.10. The minimum Gasteiger partial charge on any atom is -0.357 e. The number of rotatable bonds is 8. The van der Waals surface area contributed by atoms with Gasteiger partial charge in [0.15, 0.2) is 0 Å². The van der Waals surface area contributed by atoms with Crippen molar-refractivity contribution in [2.45, 2.75) is 19.5 Å². The molecular formula is C20H24ClN3O4S. The van der Waals surface area contributed by atoms with Crippen molar-refractivity contribution in [3.8, 4) is 0 Å². The SMILES string of the molecule is CNC(=O)[C@H](C)N(Cc1cccc(Cl)c1)C(=O)CN(c1ccccc1)S(C)(=O)=O. The Morgan fingerprint density at radius 1 is 1.10 bits per heavy atom. The highest BCUT2D eigenvalue weighted by Gasteiger charge is 2.29. The van der Waals surface area contributed by atoms with E-state index in [0.717, 1.165) is 16.1 Å². The zero-order valence-corrected chi connectivity index (χ0v) is 18.1. The minimum atomic E-state index is -3.71. The molecule has 0 fully saturated rings. The van der Waals surface area contributed by atoms with Crippen LogP contribution in [0.5, 0.6) is 0 Å². The lowest BCUT2D eigenvalue weighted by Gasteiger charge is -2.31. The third-order valence-corrected chi connectivity index (χ3v) is 5.75. The maximum atomic E-state index is 13.1. The van der Waals surface area contributed by atoms with Crippen LogP contribution in [-0.2, 0) is 26.2 Å². The van der Waals surface area contributed by atoms with E-state index in [1.807, 2.05) is 0 Å². The highest BCUT2D eigenvalue weighted by molar-refractivity contribution is 7.92. The number of benzene rings is 2. The molecule has 2 rings (SSSR count). The maximum absolute atomic E-state index is 13.1. The Kier molecular flexibility index (Phi) is 7.64. The molecule has 29 heavy (non-hydrogen) atoms. The van der Waals surface area contributed by atoms with Crippen molar-refractivity contribution < 1.29 is 18.0 Å². The first-order valence-corrected chi connectivity index (χ1v) is 11.1. The summed E-state index contributed by atoms with van der Waals surface area (Å²) in [6.45, 7) is 1.28. The van der Waals surface area contributed by atoms with Gasteiger partial charge in [-0.15, -0.1) is 0 Å². The van der Waals surface area contributed by atoms with Crippen molar-refractivity contribution >= 4 is 39.1 Å². The number of para-hydroxylation sites is 1. The second-order valence-electron chi connectivity index (χ2n) is 6.55. The monoisotopic (exact) mass is 437 g/mol. The Morgan fingerprint density at radius 2 is 1.76 bits per heavy atom. The van der Waals surface area contributed by atoms with Crippen molar-refractivity contribution in [2.75, 3.05) is 24.2 Å². The largest absolute Gasteiger partial charge is 0.357 e. The number of hydrogen-bond acceptors (Lipinski definition) is 4. The van der Waals surface area contributed by atoms with Gasteiger partial charge in [0.25, 0.3) is 0 Å². The van der Waals surface area contributed by atoms with Gasteiger partial charge in [0.2, 0.25) is 21.8 Å². The molecule has 1 N–H and O–H groups in total. The fourth-order valence-electron chi connectivity index (χ4n) is 2.83. The van der Waals surface area contributed by atoms with Crippen LogP contribution in [0.15, 0.2) is 54.6 Å². The van der Waals surface area contributed by atoms with E-state index in [1.165, 1.54) is 11.9 Å². The van der Waals surface area contributed by atoms with Gasteiger partial charge in [-0.2, -0.15) is 0 Å². The van der Waals surface area contributed by atoms with Gasteiger partial charge >= 0.3 is 0 Å². The van der Waals surface area contributed by atoms with E-state index in [0.29, 0.717) is 10.7 Å². The number of sulfonamides is 1. The number of carbonyl (C=O) groups is 2. The number of carbonyl (C=O) groups excluding carboxylic acids is 2. The molecule has 0 aromatic heterocycles. The van der Waals surface area contributed by atoms with Crippen LogP contribution in [0.2, 0.25) is 5.02 Å². The van der Waals surface area contributed by atoms with Gasteiger partial charge in [0.1, 0.15) is 12.6 Å². The first kappa shape index (κ1) is 22.7. The van der Waals surface area contributed by atoms with E-state index in [2.05, 4.69) is 5.32 Å². The maximum Gasteiger partial charge on any atom is 0.244 e. The number of amides is 2. The molecule has 9 heteroatoms. The number of halogens is 1. The summed E-state index contributed by atoms with van der Waals surface area (Å²) in [5, 5.41) is 3.03. The Bertz CT molecular complexity index is 967. The normalized spacial score (nSPS) is 12.1. The summed E-state index contributed by atoms with van der Waals surface area (Å²) < 4.78 is 25.6. The van der Waals surface area contributed by atoms with Crippen molar-refractivity contribution in [2.24, 2.45) is 0 Å². The molecule has 0 saturated heterocycles. The van der Waals surface area contributed by atoms with Crippen LogP contribution >= 0.6 is 11.6 Å². The van der Waals surface area contributed by atoms with E-state index < -0.39 is 28.5 Å². The molecule has 0 unspecified atom stereocenters. The Balaban J connectivity index is 2.35. The fraction of sp³-hybridized carbons (Fsp3) is 0.300. The van der Waals surface area contributed by atoms with Crippen molar-refractivity contribution in [1.29, 1.82) is 0 Å². The molecule has 7 nitrogen and oxygen atoms in total. The predicted molar refractivity (Wildman–Crippen MR) is 114 cm³/mol. The molecule has 1 atom stereocenters. The van der Waals surface area contributed by atoms with Crippen molar-refractivity contribution in [1.82, 2.24) is 10.2 Å². The summed E-state index contributed by atoms with van der Waals surface area (Å²) in [7, 11) is -2.23. The van der Waals surface area contributed by atoms with Gasteiger partial charge in [0, 0.05) is 18.6 Å². The molecule has 0 aliphatic rings. The molecule has 0 bridgehead atoms. The van der Waals surface area contributed by atoms with Gasteiger partial charge in [-0.05, 0) is 36.8 Å². The molecule has 0 aliphatic heterocycles. The summed E-state index contributed by atoms with van der Waals surface area (Å²) in [6.07, 6.45) is 1.04. The zero-order chi connectivity index (χ0) is 21.6. The molecule has 0 aliphatic carbocycles. The molecular weight excluding hydrogens is 414 g/mol. The number of likely N-dealkylation sites (N-methyl/N-ethyl adjacent to an activating group) is 1. The van der Waals surface area contributed by atoms with E-state index in [-0.39, 0.29) is 12.5 Å². The van der Waals surface area contributed by atoms with E-state index in [4.69, 9.17) is 11.6 Å². The van der Waals surface area contributed by atoms with Gasteiger partial charge in [0.05, 0.1) is 11.9 Å².